The lowest BCUT2D eigenvalue weighted by Crippen LogP contribution is -2.40. The quantitative estimate of drug-likeness (QED) is 0.338. The highest BCUT2D eigenvalue weighted by atomic mass is 19.3. The second kappa shape index (κ2) is 10.3. The Bertz CT molecular complexity index is 132. The van der Waals surface area contributed by atoms with Crippen LogP contribution >= 0.6 is 0 Å². The zero-order valence-corrected chi connectivity index (χ0v) is 9.64. The Labute approximate surface area is 91.6 Å². The molecule has 0 aliphatic carbocycles. The molecule has 0 heterocycles. The van der Waals surface area contributed by atoms with Gasteiger partial charge < -0.3 is 0 Å². The van der Waals surface area contributed by atoms with Crippen LogP contribution in [0, 0.1) is 0 Å². The van der Waals surface area contributed by atoms with Crippen molar-refractivity contribution in [3.8, 4) is 0 Å². The van der Waals surface area contributed by atoms with Gasteiger partial charge in [0.1, 0.15) is 0 Å². The molecule has 0 rings (SSSR count). The maximum Gasteiger partial charge on any atom is 0.255 e. The van der Waals surface area contributed by atoms with E-state index in [1.165, 1.54) is 25.7 Å². The summed E-state index contributed by atoms with van der Waals surface area (Å²) < 4.78 is 24.5. The number of hydrogen-bond donors (Lipinski definition) is 2. The fourth-order valence-electron chi connectivity index (χ4n) is 1.60. The number of alkyl halides is 2. The van der Waals surface area contributed by atoms with E-state index in [9.17, 15) is 8.78 Å². The monoisotopic (exact) mass is 222 g/mol. The maximum atomic E-state index is 12.2. The summed E-state index contributed by atoms with van der Waals surface area (Å²) in [6.45, 7) is 2.18. The minimum atomic E-state index is -2.35. The summed E-state index contributed by atoms with van der Waals surface area (Å²) in [6.07, 6.45) is 6.17. The van der Waals surface area contributed by atoms with Gasteiger partial charge in [-0.1, -0.05) is 51.9 Å². The van der Waals surface area contributed by atoms with Crippen molar-refractivity contribution in [3.05, 3.63) is 0 Å². The van der Waals surface area contributed by atoms with Gasteiger partial charge in [0, 0.05) is 0 Å². The molecule has 0 aromatic carbocycles. The highest BCUT2D eigenvalue weighted by Gasteiger charge is 2.17. The van der Waals surface area contributed by atoms with Gasteiger partial charge in [-0.15, -0.1) is 0 Å². The molecule has 0 bridgehead atoms. The van der Waals surface area contributed by atoms with E-state index >= 15 is 0 Å². The van der Waals surface area contributed by atoms with Crippen molar-refractivity contribution in [1.82, 2.24) is 5.43 Å². The van der Waals surface area contributed by atoms with E-state index < -0.39 is 12.5 Å². The SMILES string of the molecule is CCCCCCCCCC(NN)C(F)F. The second-order valence-electron chi connectivity index (χ2n) is 4.02. The molecule has 92 valence electrons. The van der Waals surface area contributed by atoms with Gasteiger partial charge in [0.15, 0.2) is 0 Å². The smallest absolute Gasteiger partial charge is 0.255 e. The summed E-state index contributed by atoms with van der Waals surface area (Å²) in [5, 5.41) is 0. The van der Waals surface area contributed by atoms with E-state index in [0.29, 0.717) is 6.42 Å². The average Bonchev–Trinajstić information content (AvgIpc) is 2.21. The van der Waals surface area contributed by atoms with Crippen molar-refractivity contribution >= 4 is 0 Å². The van der Waals surface area contributed by atoms with Crippen LogP contribution in [0.25, 0.3) is 0 Å². The first-order valence-electron chi connectivity index (χ1n) is 5.96. The highest BCUT2D eigenvalue weighted by Crippen LogP contribution is 2.12. The van der Waals surface area contributed by atoms with E-state index in [-0.39, 0.29) is 0 Å². The normalized spacial score (nSPS) is 13.4. The Kier molecular flexibility index (Phi) is 10.2. The van der Waals surface area contributed by atoms with Gasteiger partial charge in [0.25, 0.3) is 6.43 Å². The summed E-state index contributed by atoms with van der Waals surface area (Å²) in [5.41, 5.74) is 2.16. The number of unbranched alkanes of at least 4 members (excludes halogenated alkanes) is 6. The fraction of sp³-hybridized carbons (Fsp3) is 1.00. The first-order valence-corrected chi connectivity index (χ1v) is 5.96. The lowest BCUT2D eigenvalue weighted by Gasteiger charge is -2.13. The summed E-state index contributed by atoms with van der Waals surface area (Å²) in [7, 11) is 0. The molecule has 0 saturated carbocycles. The zero-order valence-electron chi connectivity index (χ0n) is 9.64. The van der Waals surface area contributed by atoms with Crippen LogP contribution in [0.1, 0.15) is 58.3 Å². The topological polar surface area (TPSA) is 38.0 Å². The van der Waals surface area contributed by atoms with Gasteiger partial charge in [0.05, 0.1) is 6.04 Å². The molecule has 0 amide bonds. The van der Waals surface area contributed by atoms with Gasteiger partial charge in [0.2, 0.25) is 0 Å². The van der Waals surface area contributed by atoms with Gasteiger partial charge >= 0.3 is 0 Å². The summed E-state index contributed by atoms with van der Waals surface area (Å²) in [4.78, 5) is 0. The van der Waals surface area contributed by atoms with Gasteiger partial charge in [-0.3, -0.25) is 11.3 Å². The predicted molar refractivity (Wildman–Crippen MR) is 59.7 cm³/mol. The van der Waals surface area contributed by atoms with Crippen LogP contribution in [0.5, 0.6) is 0 Å². The molecule has 0 fully saturated rings. The highest BCUT2D eigenvalue weighted by molar-refractivity contribution is 4.65. The van der Waals surface area contributed by atoms with Gasteiger partial charge in [-0.25, -0.2) is 8.78 Å². The minimum absolute atomic E-state index is 0.474. The Morgan fingerprint density at radius 3 is 2.00 bits per heavy atom. The van der Waals surface area contributed by atoms with Crippen molar-refractivity contribution < 1.29 is 8.78 Å². The van der Waals surface area contributed by atoms with Crippen LogP contribution in [-0.4, -0.2) is 12.5 Å². The van der Waals surface area contributed by atoms with Crippen LogP contribution in [0.2, 0.25) is 0 Å². The van der Waals surface area contributed by atoms with E-state index in [1.54, 1.807) is 0 Å². The van der Waals surface area contributed by atoms with E-state index in [0.717, 1.165) is 19.3 Å². The molecule has 2 nitrogen and oxygen atoms in total. The number of hydrogen-bond acceptors (Lipinski definition) is 2. The minimum Gasteiger partial charge on any atom is -0.271 e. The molecule has 0 saturated heterocycles. The van der Waals surface area contributed by atoms with Crippen LogP contribution in [-0.2, 0) is 0 Å². The summed E-state index contributed by atoms with van der Waals surface area (Å²) >= 11 is 0. The number of nitrogens with two attached hydrogens (primary N) is 1. The van der Waals surface area contributed by atoms with Crippen LogP contribution < -0.4 is 11.3 Å². The molecule has 0 spiro atoms. The largest absolute Gasteiger partial charge is 0.271 e. The number of rotatable bonds is 10. The van der Waals surface area contributed by atoms with Crippen molar-refractivity contribution in [3.63, 3.8) is 0 Å². The van der Waals surface area contributed by atoms with Crippen molar-refractivity contribution in [1.29, 1.82) is 0 Å². The molecule has 0 aromatic rings. The average molecular weight is 222 g/mol. The molecule has 0 radical (unpaired) electrons. The standard InChI is InChI=1S/C11H24F2N2/c1-2-3-4-5-6-7-8-9-10(15-14)11(12)13/h10-11,15H,2-9,14H2,1H3. The number of nitrogens with one attached hydrogen (secondary N) is 1. The van der Waals surface area contributed by atoms with Gasteiger partial charge in [-0.2, -0.15) is 0 Å². The maximum absolute atomic E-state index is 12.2. The Morgan fingerprint density at radius 2 is 1.53 bits per heavy atom. The third-order valence-corrected chi connectivity index (χ3v) is 2.64. The van der Waals surface area contributed by atoms with Crippen molar-refractivity contribution in [2.45, 2.75) is 70.8 Å². The molecule has 1 atom stereocenters. The van der Waals surface area contributed by atoms with E-state index in [1.807, 2.05) is 0 Å². The molecule has 1 unspecified atom stereocenters. The lowest BCUT2D eigenvalue weighted by molar-refractivity contribution is 0.0929. The summed E-state index contributed by atoms with van der Waals surface area (Å²) in [6, 6.07) is -0.833. The molecular weight excluding hydrogens is 198 g/mol. The zero-order chi connectivity index (χ0) is 11.5. The summed E-state index contributed by atoms with van der Waals surface area (Å²) in [5.74, 6) is 5.02. The van der Waals surface area contributed by atoms with Gasteiger partial charge in [-0.05, 0) is 6.42 Å². The lowest BCUT2D eigenvalue weighted by atomic mass is 10.1. The third-order valence-electron chi connectivity index (χ3n) is 2.64. The molecule has 0 aromatic heterocycles. The second-order valence-corrected chi connectivity index (χ2v) is 4.02. The molecule has 0 aliphatic heterocycles. The predicted octanol–water partition coefficient (Wildman–Crippen LogP) is 3.22. The Hall–Kier alpha value is -0.220. The molecule has 3 N–H and O–H groups in total. The van der Waals surface area contributed by atoms with Crippen LogP contribution in [0.3, 0.4) is 0 Å². The van der Waals surface area contributed by atoms with E-state index in [2.05, 4.69) is 12.3 Å². The third kappa shape index (κ3) is 8.75. The number of hydrazine groups is 1. The Morgan fingerprint density at radius 1 is 1.00 bits per heavy atom. The van der Waals surface area contributed by atoms with Crippen molar-refractivity contribution in [2.24, 2.45) is 5.84 Å². The molecular formula is C11H24F2N2. The fourth-order valence-corrected chi connectivity index (χ4v) is 1.60. The molecule has 4 heteroatoms. The van der Waals surface area contributed by atoms with E-state index in [4.69, 9.17) is 5.84 Å². The van der Waals surface area contributed by atoms with Crippen LogP contribution in [0.15, 0.2) is 0 Å². The molecule has 0 aliphatic rings. The number of halogens is 2. The van der Waals surface area contributed by atoms with Crippen molar-refractivity contribution in [2.75, 3.05) is 0 Å². The molecule has 15 heavy (non-hydrogen) atoms. The Balaban J connectivity index is 3.22. The van der Waals surface area contributed by atoms with Crippen LogP contribution in [0.4, 0.5) is 8.78 Å². The first kappa shape index (κ1) is 14.8. The first-order chi connectivity index (χ1) is 7.22.